The zero-order chi connectivity index (χ0) is 21.5. The summed E-state index contributed by atoms with van der Waals surface area (Å²) in [6, 6.07) is 15.8. The number of nitrogens with one attached hydrogen (secondary N) is 2. The van der Waals surface area contributed by atoms with Crippen LogP contribution in [0.5, 0.6) is 5.75 Å². The predicted molar refractivity (Wildman–Crippen MR) is 114 cm³/mol. The van der Waals surface area contributed by atoms with Gasteiger partial charge in [0.1, 0.15) is 11.8 Å². The van der Waals surface area contributed by atoms with Gasteiger partial charge in [0.05, 0.1) is 12.8 Å². The second-order valence-electron chi connectivity index (χ2n) is 7.26. The summed E-state index contributed by atoms with van der Waals surface area (Å²) in [6.45, 7) is 4.18. The fourth-order valence-corrected chi connectivity index (χ4v) is 2.99. The molecule has 0 saturated heterocycles. The highest BCUT2D eigenvalue weighted by Gasteiger charge is 2.24. The van der Waals surface area contributed by atoms with Crippen LogP contribution in [-0.2, 0) is 11.3 Å². The number of benzene rings is 2. The third kappa shape index (κ3) is 5.26. The quantitative estimate of drug-likeness (QED) is 0.602. The normalized spacial score (nSPS) is 11.7. The van der Waals surface area contributed by atoms with E-state index in [1.165, 1.54) is 0 Å². The lowest BCUT2D eigenvalue weighted by Crippen LogP contribution is -2.49. The molecule has 1 unspecified atom stereocenters. The average Bonchev–Trinajstić information content (AvgIpc) is 3.31. The molecule has 1 aromatic heterocycles. The van der Waals surface area contributed by atoms with Gasteiger partial charge < -0.3 is 15.4 Å². The van der Waals surface area contributed by atoms with Crippen molar-refractivity contribution in [3.63, 3.8) is 0 Å². The number of hydrogen-bond donors (Lipinski definition) is 2. The van der Waals surface area contributed by atoms with Gasteiger partial charge in [0.25, 0.3) is 5.91 Å². The molecule has 1 heterocycles. The number of ether oxygens (including phenoxy) is 1. The molecule has 0 spiro atoms. The van der Waals surface area contributed by atoms with Crippen molar-refractivity contribution < 1.29 is 14.3 Å². The van der Waals surface area contributed by atoms with Crippen LogP contribution >= 0.6 is 0 Å². The first-order chi connectivity index (χ1) is 14.5. The van der Waals surface area contributed by atoms with Crippen LogP contribution in [0.2, 0.25) is 0 Å². The van der Waals surface area contributed by atoms with Crippen LogP contribution in [0, 0.1) is 5.92 Å². The summed E-state index contributed by atoms with van der Waals surface area (Å²) in [5, 5.41) is 9.94. The van der Waals surface area contributed by atoms with E-state index in [-0.39, 0.29) is 17.7 Å². The molecule has 0 saturated carbocycles. The van der Waals surface area contributed by atoms with Crippen LogP contribution in [0.4, 0.5) is 0 Å². The number of aromatic nitrogens is 2. The molecule has 0 aliphatic rings. The molecule has 7 nitrogen and oxygen atoms in total. The van der Waals surface area contributed by atoms with Crippen molar-refractivity contribution in [1.82, 2.24) is 20.4 Å². The lowest BCUT2D eigenvalue weighted by atomic mass is 10.0. The van der Waals surface area contributed by atoms with Gasteiger partial charge in [-0.1, -0.05) is 26.0 Å². The standard InChI is InChI=1S/C23H26N4O3/c1-16(2)21(26-22(28)18-7-11-20(30-3)12-8-18)23(29)24-15-17-5-9-19(10-6-17)27-14-4-13-25-27/h4-14,16,21H,15H2,1-3H3,(H,24,29)(H,26,28). The number of amides is 2. The van der Waals surface area contributed by atoms with Crippen molar-refractivity contribution in [2.45, 2.75) is 26.4 Å². The molecule has 0 fully saturated rings. The van der Waals surface area contributed by atoms with Gasteiger partial charge in [-0.15, -0.1) is 0 Å². The van der Waals surface area contributed by atoms with Gasteiger partial charge in [-0.05, 0) is 53.9 Å². The molecule has 2 amide bonds. The maximum Gasteiger partial charge on any atom is 0.251 e. The summed E-state index contributed by atoms with van der Waals surface area (Å²) in [7, 11) is 1.57. The van der Waals surface area contributed by atoms with Crippen LogP contribution in [0.25, 0.3) is 5.69 Å². The summed E-state index contributed by atoms with van der Waals surface area (Å²) in [4.78, 5) is 25.3. The molecule has 30 heavy (non-hydrogen) atoms. The van der Waals surface area contributed by atoms with Crippen LogP contribution in [0.1, 0.15) is 29.8 Å². The lowest BCUT2D eigenvalue weighted by Gasteiger charge is -2.22. The van der Waals surface area contributed by atoms with E-state index >= 15 is 0 Å². The molecule has 1 atom stereocenters. The molecular weight excluding hydrogens is 380 g/mol. The topological polar surface area (TPSA) is 85.2 Å². The van der Waals surface area contributed by atoms with E-state index in [0.717, 1.165) is 11.3 Å². The number of carbonyl (C=O) groups excluding carboxylic acids is 2. The largest absolute Gasteiger partial charge is 0.497 e. The third-order valence-electron chi connectivity index (χ3n) is 4.76. The molecule has 2 aromatic carbocycles. The summed E-state index contributed by atoms with van der Waals surface area (Å²) in [5.74, 6) is 0.0933. The molecular formula is C23H26N4O3. The second kappa shape index (κ2) is 9.73. The zero-order valence-corrected chi connectivity index (χ0v) is 17.3. The Labute approximate surface area is 176 Å². The van der Waals surface area contributed by atoms with E-state index in [1.54, 1.807) is 42.3 Å². The van der Waals surface area contributed by atoms with Crippen LogP contribution in [0.15, 0.2) is 67.0 Å². The van der Waals surface area contributed by atoms with Crippen LogP contribution < -0.4 is 15.4 Å². The van der Waals surface area contributed by atoms with E-state index in [0.29, 0.717) is 17.9 Å². The number of rotatable bonds is 8. The Morgan fingerprint density at radius 3 is 2.33 bits per heavy atom. The van der Waals surface area contributed by atoms with Gasteiger partial charge in [-0.25, -0.2) is 4.68 Å². The minimum atomic E-state index is -0.636. The fourth-order valence-electron chi connectivity index (χ4n) is 2.99. The van der Waals surface area contributed by atoms with Gasteiger partial charge in [0.15, 0.2) is 0 Å². The number of methoxy groups -OCH3 is 1. The highest BCUT2D eigenvalue weighted by atomic mass is 16.5. The van der Waals surface area contributed by atoms with Gasteiger partial charge in [0, 0.05) is 24.5 Å². The van der Waals surface area contributed by atoms with E-state index in [9.17, 15) is 9.59 Å². The monoisotopic (exact) mass is 406 g/mol. The summed E-state index contributed by atoms with van der Waals surface area (Å²) in [6.07, 6.45) is 3.59. The Bertz CT molecular complexity index is 965. The summed E-state index contributed by atoms with van der Waals surface area (Å²) >= 11 is 0. The molecule has 156 valence electrons. The van der Waals surface area contributed by atoms with Crippen molar-refractivity contribution in [3.05, 3.63) is 78.1 Å². The average molecular weight is 406 g/mol. The van der Waals surface area contributed by atoms with Crippen molar-refractivity contribution in [2.75, 3.05) is 7.11 Å². The van der Waals surface area contributed by atoms with Gasteiger partial charge in [-0.2, -0.15) is 5.10 Å². The molecule has 7 heteroatoms. The molecule has 0 aliphatic carbocycles. The second-order valence-corrected chi connectivity index (χ2v) is 7.26. The van der Waals surface area contributed by atoms with Gasteiger partial charge in [0.2, 0.25) is 5.91 Å². The van der Waals surface area contributed by atoms with Crippen LogP contribution in [-0.4, -0.2) is 34.7 Å². The van der Waals surface area contributed by atoms with Gasteiger partial charge in [-0.3, -0.25) is 9.59 Å². The lowest BCUT2D eigenvalue weighted by molar-refractivity contribution is -0.124. The molecule has 0 bridgehead atoms. The van der Waals surface area contributed by atoms with E-state index in [4.69, 9.17) is 4.74 Å². The van der Waals surface area contributed by atoms with E-state index in [2.05, 4.69) is 15.7 Å². The molecule has 0 radical (unpaired) electrons. The SMILES string of the molecule is COc1ccc(C(=O)NC(C(=O)NCc2ccc(-n3cccn3)cc2)C(C)C)cc1. The Morgan fingerprint density at radius 1 is 1.07 bits per heavy atom. The number of nitrogens with zero attached hydrogens (tertiary/aromatic N) is 2. The van der Waals surface area contributed by atoms with Crippen molar-refractivity contribution in [1.29, 1.82) is 0 Å². The Morgan fingerprint density at radius 2 is 1.77 bits per heavy atom. The minimum absolute atomic E-state index is 0.0608. The van der Waals surface area contributed by atoms with E-state index in [1.807, 2.05) is 50.4 Å². The fraction of sp³-hybridized carbons (Fsp3) is 0.261. The Hall–Kier alpha value is -3.61. The first kappa shape index (κ1) is 21.1. The predicted octanol–water partition coefficient (Wildman–Crippen LogP) is 2.95. The first-order valence-electron chi connectivity index (χ1n) is 9.79. The zero-order valence-electron chi connectivity index (χ0n) is 17.3. The van der Waals surface area contributed by atoms with Crippen molar-refractivity contribution >= 4 is 11.8 Å². The Balaban J connectivity index is 1.59. The number of carbonyl (C=O) groups is 2. The van der Waals surface area contributed by atoms with Crippen molar-refractivity contribution in [3.8, 4) is 11.4 Å². The maximum atomic E-state index is 12.7. The third-order valence-corrected chi connectivity index (χ3v) is 4.76. The molecule has 3 rings (SSSR count). The minimum Gasteiger partial charge on any atom is -0.497 e. The maximum absolute atomic E-state index is 12.7. The van der Waals surface area contributed by atoms with Crippen molar-refractivity contribution in [2.24, 2.45) is 5.92 Å². The first-order valence-corrected chi connectivity index (χ1v) is 9.79. The number of hydrogen-bond acceptors (Lipinski definition) is 4. The summed E-state index contributed by atoms with van der Waals surface area (Å²) < 4.78 is 6.88. The van der Waals surface area contributed by atoms with E-state index < -0.39 is 6.04 Å². The Kier molecular flexibility index (Phi) is 6.85. The van der Waals surface area contributed by atoms with Gasteiger partial charge >= 0.3 is 0 Å². The molecule has 3 aromatic rings. The molecule has 0 aliphatic heterocycles. The smallest absolute Gasteiger partial charge is 0.251 e. The van der Waals surface area contributed by atoms with Crippen LogP contribution in [0.3, 0.4) is 0 Å². The highest BCUT2D eigenvalue weighted by Crippen LogP contribution is 2.13. The summed E-state index contributed by atoms with van der Waals surface area (Å²) in [5.41, 5.74) is 2.38. The highest BCUT2D eigenvalue weighted by molar-refractivity contribution is 5.97. The molecule has 2 N–H and O–H groups in total.